The van der Waals surface area contributed by atoms with Gasteiger partial charge in [0.15, 0.2) is 21.5 Å². The van der Waals surface area contributed by atoms with E-state index in [2.05, 4.69) is 60.2 Å². The summed E-state index contributed by atoms with van der Waals surface area (Å²) in [5, 5.41) is 6.27. The summed E-state index contributed by atoms with van der Waals surface area (Å²) >= 11 is 0. The minimum atomic E-state index is -3.94. The fourth-order valence-corrected chi connectivity index (χ4v) is 7.12. The van der Waals surface area contributed by atoms with Gasteiger partial charge in [-0.05, 0) is 86.6 Å². The van der Waals surface area contributed by atoms with Gasteiger partial charge in [-0.2, -0.15) is 4.98 Å². The number of likely N-dealkylation sites (tertiary alicyclic amines) is 1. The molecule has 0 radical (unpaired) electrons. The lowest BCUT2D eigenvalue weighted by Crippen LogP contribution is -2.61. The highest BCUT2D eigenvalue weighted by Gasteiger charge is 2.51. The van der Waals surface area contributed by atoms with Crippen molar-refractivity contribution in [3.8, 4) is 0 Å². The van der Waals surface area contributed by atoms with E-state index in [9.17, 15) is 17.6 Å². The van der Waals surface area contributed by atoms with Crippen LogP contribution in [0.4, 0.5) is 27.5 Å². The molecule has 9 nitrogen and oxygen atoms in total. The second-order valence-electron chi connectivity index (χ2n) is 11.7. The Morgan fingerprint density at radius 3 is 2.32 bits per heavy atom. The molecule has 2 N–H and O–H groups in total. The second kappa shape index (κ2) is 8.90. The maximum absolute atomic E-state index is 14.7. The Balaban J connectivity index is 1.62. The van der Waals surface area contributed by atoms with Crippen LogP contribution in [0, 0.1) is 5.82 Å². The van der Waals surface area contributed by atoms with Crippen molar-refractivity contribution in [3.05, 3.63) is 30.2 Å². The van der Waals surface area contributed by atoms with Crippen molar-refractivity contribution in [2.75, 3.05) is 29.1 Å². The number of benzene rings is 1. The SMILES string of the molecule is CCN1C(=O)C(C)(C)S(=O)(=O)c2cc(Nc3ncc(F)c(NC4CC(C)(C)N(C)C(C)(C)C4)n3)ccc21. The van der Waals surface area contributed by atoms with Gasteiger partial charge in [0.25, 0.3) is 0 Å². The minimum absolute atomic E-state index is 0.00660. The molecular weight excluding hydrogens is 495 g/mol. The molecule has 3 heterocycles. The standard InChI is InChI=1S/C26H37FN6O3S/c1-9-33-19-11-10-16(12-20(19)37(35,36)26(6,7)22(33)34)30-23-28-15-18(27)21(31-23)29-17-13-24(2,3)32(8)25(4,5)14-17/h10-12,15,17H,9,13-14H2,1-8H3,(H2,28,29,30,31). The summed E-state index contributed by atoms with van der Waals surface area (Å²) < 4.78 is 39.7. The molecule has 0 atom stereocenters. The fraction of sp³-hybridized carbons (Fsp3) is 0.577. The summed E-state index contributed by atoms with van der Waals surface area (Å²) in [5.41, 5.74) is 0.593. The van der Waals surface area contributed by atoms with Gasteiger partial charge in [0.2, 0.25) is 11.9 Å². The number of piperidine rings is 1. The van der Waals surface area contributed by atoms with Crippen LogP contribution < -0.4 is 15.5 Å². The lowest BCUT2D eigenvalue weighted by atomic mass is 9.77. The van der Waals surface area contributed by atoms with Crippen LogP contribution in [0.15, 0.2) is 29.3 Å². The summed E-state index contributed by atoms with van der Waals surface area (Å²) in [5.74, 6) is -0.799. The van der Waals surface area contributed by atoms with Crippen molar-refractivity contribution < 1.29 is 17.6 Å². The van der Waals surface area contributed by atoms with E-state index in [0.29, 0.717) is 17.9 Å². The Kier molecular flexibility index (Phi) is 6.56. The number of rotatable bonds is 5. The molecule has 1 saturated heterocycles. The number of carbonyl (C=O) groups is 1. The first-order chi connectivity index (χ1) is 17.0. The summed E-state index contributed by atoms with van der Waals surface area (Å²) in [6.45, 7) is 13.7. The summed E-state index contributed by atoms with van der Waals surface area (Å²) in [7, 11) is -1.83. The summed E-state index contributed by atoms with van der Waals surface area (Å²) in [6.07, 6.45) is 2.72. The van der Waals surface area contributed by atoms with Gasteiger partial charge in [-0.15, -0.1) is 0 Å². The number of sulfone groups is 1. The van der Waals surface area contributed by atoms with Gasteiger partial charge in [-0.1, -0.05) is 0 Å². The average Bonchev–Trinajstić information content (AvgIpc) is 2.79. The zero-order chi connectivity index (χ0) is 27.6. The average molecular weight is 533 g/mol. The highest BCUT2D eigenvalue weighted by Crippen LogP contribution is 2.42. The lowest BCUT2D eigenvalue weighted by molar-refractivity contribution is -0.120. The van der Waals surface area contributed by atoms with E-state index in [4.69, 9.17) is 0 Å². The highest BCUT2D eigenvalue weighted by molar-refractivity contribution is 7.94. The molecular formula is C26H37FN6O3S. The number of fused-ring (bicyclic) bond motifs is 1. The molecule has 2 aromatic rings. The quantitative estimate of drug-likeness (QED) is 0.586. The van der Waals surface area contributed by atoms with Crippen LogP contribution in [0.25, 0.3) is 0 Å². The Morgan fingerprint density at radius 2 is 1.73 bits per heavy atom. The molecule has 1 fully saturated rings. The van der Waals surface area contributed by atoms with Crippen molar-refractivity contribution in [3.63, 3.8) is 0 Å². The van der Waals surface area contributed by atoms with Gasteiger partial charge in [0.1, 0.15) is 4.75 Å². The number of carbonyl (C=O) groups excluding carboxylic acids is 1. The zero-order valence-corrected chi connectivity index (χ0v) is 23.6. The van der Waals surface area contributed by atoms with Gasteiger partial charge in [0.05, 0.1) is 16.8 Å². The topological polar surface area (TPSA) is 108 Å². The molecule has 2 aliphatic heterocycles. The molecule has 37 heavy (non-hydrogen) atoms. The number of nitrogens with one attached hydrogen (secondary N) is 2. The van der Waals surface area contributed by atoms with Crippen LogP contribution >= 0.6 is 0 Å². The van der Waals surface area contributed by atoms with Crippen LogP contribution in [0.3, 0.4) is 0 Å². The van der Waals surface area contributed by atoms with Crippen molar-refractivity contribution in [1.29, 1.82) is 0 Å². The van der Waals surface area contributed by atoms with Crippen LogP contribution in [0.1, 0.15) is 61.3 Å². The number of aromatic nitrogens is 2. The molecule has 0 aliphatic carbocycles. The number of halogens is 1. The summed E-state index contributed by atoms with van der Waals surface area (Å²) in [6, 6.07) is 4.73. The zero-order valence-electron chi connectivity index (χ0n) is 22.8. The molecule has 0 saturated carbocycles. The van der Waals surface area contributed by atoms with E-state index in [0.717, 1.165) is 19.0 Å². The van der Waals surface area contributed by atoms with E-state index in [1.54, 1.807) is 19.1 Å². The van der Waals surface area contributed by atoms with E-state index >= 15 is 0 Å². The van der Waals surface area contributed by atoms with Crippen LogP contribution in [-0.2, 0) is 14.6 Å². The molecule has 0 bridgehead atoms. The monoisotopic (exact) mass is 532 g/mol. The van der Waals surface area contributed by atoms with Crippen LogP contribution in [0.2, 0.25) is 0 Å². The predicted octanol–water partition coefficient (Wildman–Crippen LogP) is 4.34. The normalized spacial score (nSPS) is 22.4. The third kappa shape index (κ3) is 4.56. The number of anilines is 4. The number of nitrogens with zero attached hydrogens (tertiary/aromatic N) is 4. The van der Waals surface area contributed by atoms with Gasteiger partial charge in [0, 0.05) is 29.4 Å². The molecule has 1 aromatic carbocycles. The van der Waals surface area contributed by atoms with Gasteiger partial charge < -0.3 is 15.5 Å². The van der Waals surface area contributed by atoms with Crippen LogP contribution in [0.5, 0.6) is 0 Å². The molecule has 1 amide bonds. The molecule has 0 unspecified atom stereocenters. The van der Waals surface area contributed by atoms with Crippen molar-refractivity contribution >= 4 is 38.9 Å². The summed E-state index contributed by atoms with van der Waals surface area (Å²) in [4.78, 5) is 25.1. The first-order valence-electron chi connectivity index (χ1n) is 12.5. The van der Waals surface area contributed by atoms with E-state index in [1.807, 2.05) is 0 Å². The molecule has 202 valence electrons. The largest absolute Gasteiger partial charge is 0.365 e. The van der Waals surface area contributed by atoms with E-state index < -0.39 is 26.3 Å². The van der Waals surface area contributed by atoms with E-state index in [-0.39, 0.29) is 33.8 Å². The number of hydrogen-bond donors (Lipinski definition) is 2. The van der Waals surface area contributed by atoms with Crippen molar-refractivity contribution in [2.24, 2.45) is 0 Å². The Hall–Kier alpha value is -2.79. The minimum Gasteiger partial charge on any atom is -0.365 e. The predicted molar refractivity (Wildman–Crippen MR) is 144 cm³/mol. The fourth-order valence-electron chi connectivity index (χ4n) is 5.49. The lowest BCUT2D eigenvalue weighted by Gasteiger charge is -2.53. The van der Waals surface area contributed by atoms with Crippen molar-refractivity contribution in [2.45, 2.75) is 88.1 Å². The van der Waals surface area contributed by atoms with Crippen LogP contribution in [-0.4, -0.2) is 64.7 Å². The number of hydrogen-bond acceptors (Lipinski definition) is 8. The maximum Gasteiger partial charge on any atom is 0.248 e. The Morgan fingerprint density at radius 1 is 1.11 bits per heavy atom. The van der Waals surface area contributed by atoms with Gasteiger partial charge in [-0.3, -0.25) is 9.69 Å². The van der Waals surface area contributed by atoms with E-state index in [1.165, 1.54) is 24.8 Å². The van der Waals surface area contributed by atoms with Gasteiger partial charge in [-0.25, -0.2) is 17.8 Å². The Bertz CT molecular complexity index is 1320. The van der Waals surface area contributed by atoms with Gasteiger partial charge >= 0.3 is 0 Å². The Labute approximate surface area is 218 Å². The molecule has 2 aliphatic rings. The molecule has 0 spiro atoms. The smallest absolute Gasteiger partial charge is 0.248 e. The molecule has 11 heteroatoms. The maximum atomic E-state index is 14.7. The number of amides is 1. The third-order valence-electron chi connectivity index (χ3n) is 7.94. The highest BCUT2D eigenvalue weighted by atomic mass is 32.2. The molecule has 4 rings (SSSR count). The second-order valence-corrected chi connectivity index (χ2v) is 14.2. The first kappa shape index (κ1) is 27.3. The first-order valence-corrected chi connectivity index (χ1v) is 14.0. The van der Waals surface area contributed by atoms with Crippen molar-refractivity contribution in [1.82, 2.24) is 14.9 Å². The third-order valence-corrected chi connectivity index (χ3v) is 10.4. The molecule has 1 aromatic heterocycles.